The Morgan fingerprint density at radius 1 is 0.967 bits per heavy atom. The molecule has 2 aromatic rings. The van der Waals surface area contributed by atoms with E-state index in [9.17, 15) is 4.79 Å². The van der Waals surface area contributed by atoms with Gasteiger partial charge in [-0.2, -0.15) is 0 Å². The smallest absolute Gasteiger partial charge is 0.321 e. The Morgan fingerprint density at radius 3 is 2.27 bits per heavy atom. The van der Waals surface area contributed by atoms with Crippen LogP contribution in [0.15, 0.2) is 30.6 Å². The number of benzene rings is 1. The molecule has 0 spiro atoms. The predicted molar refractivity (Wildman–Crippen MR) is 119 cm³/mol. The lowest BCUT2D eigenvalue weighted by Crippen LogP contribution is -2.50. The molecule has 9 heteroatoms. The third-order valence-electron chi connectivity index (χ3n) is 5.61. The minimum Gasteiger partial charge on any atom is -0.495 e. The summed E-state index contributed by atoms with van der Waals surface area (Å²) in [6, 6.07) is 7.15. The fraction of sp³-hybridized carbons (Fsp3) is 0.476. The molecular weight excluding hydrogens is 404 g/mol. The van der Waals surface area contributed by atoms with E-state index in [1.807, 2.05) is 0 Å². The van der Waals surface area contributed by atoms with Gasteiger partial charge in [-0.25, -0.2) is 14.8 Å². The number of nitrogens with zero attached hydrogens (tertiary/aromatic N) is 5. The number of rotatable bonds is 4. The lowest BCUT2D eigenvalue weighted by molar-refractivity contribution is 0.208. The average molecular weight is 431 g/mol. The van der Waals surface area contributed by atoms with Crippen molar-refractivity contribution in [2.45, 2.75) is 19.3 Å². The molecule has 0 aliphatic carbocycles. The quantitative estimate of drug-likeness (QED) is 0.800. The summed E-state index contributed by atoms with van der Waals surface area (Å²) in [7, 11) is 1.56. The standard InChI is InChI=1S/C21H27ClN6O2/c1-30-18-6-5-16(13-17(18)22)25-21(29)28-11-9-27(10-12-28)20-14-19(23-15-24-20)26-7-3-2-4-8-26/h5-6,13-15H,2-4,7-12H2,1H3,(H,25,29). The molecule has 8 nitrogen and oxygen atoms in total. The summed E-state index contributed by atoms with van der Waals surface area (Å²) in [5.74, 6) is 2.50. The molecule has 0 bridgehead atoms. The number of carbonyl (C=O) groups excluding carboxylic acids is 1. The van der Waals surface area contributed by atoms with Crippen molar-refractivity contribution in [1.82, 2.24) is 14.9 Å². The van der Waals surface area contributed by atoms with Gasteiger partial charge in [0.15, 0.2) is 0 Å². The Hall–Kier alpha value is -2.74. The summed E-state index contributed by atoms with van der Waals surface area (Å²) >= 11 is 6.14. The molecule has 30 heavy (non-hydrogen) atoms. The molecule has 2 saturated heterocycles. The SMILES string of the molecule is COc1ccc(NC(=O)N2CCN(c3cc(N4CCCCC4)ncn3)CC2)cc1Cl. The highest BCUT2D eigenvalue weighted by Gasteiger charge is 2.23. The number of methoxy groups -OCH3 is 1. The molecule has 2 aliphatic heterocycles. The highest BCUT2D eigenvalue weighted by atomic mass is 35.5. The second-order valence-corrected chi connectivity index (χ2v) is 7.94. The predicted octanol–water partition coefficient (Wildman–Crippen LogP) is 3.48. The van der Waals surface area contributed by atoms with E-state index in [1.165, 1.54) is 19.3 Å². The summed E-state index contributed by atoms with van der Waals surface area (Å²) in [5, 5.41) is 3.37. The van der Waals surface area contributed by atoms with E-state index in [0.717, 1.165) is 37.8 Å². The number of halogens is 1. The van der Waals surface area contributed by atoms with Crippen LogP contribution in [0.1, 0.15) is 19.3 Å². The van der Waals surface area contributed by atoms with E-state index in [4.69, 9.17) is 16.3 Å². The number of urea groups is 1. The van der Waals surface area contributed by atoms with Gasteiger partial charge in [-0.05, 0) is 37.5 Å². The van der Waals surface area contributed by atoms with Gasteiger partial charge in [-0.15, -0.1) is 0 Å². The molecule has 2 aliphatic rings. The van der Waals surface area contributed by atoms with E-state index in [1.54, 1.807) is 36.5 Å². The van der Waals surface area contributed by atoms with E-state index in [0.29, 0.717) is 29.5 Å². The Morgan fingerprint density at radius 2 is 1.63 bits per heavy atom. The molecule has 160 valence electrons. The van der Waals surface area contributed by atoms with E-state index >= 15 is 0 Å². The maximum Gasteiger partial charge on any atom is 0.321 e. The van der Waals surface area contributed by atoms with Crippen molar-refractivity contribution >= 4 is 35.0 Å². The molecule has 4 rings (SSSR count). The van der Waals surface area contributed by atoms with Crippen LogP contribution in [-0.2, 0) is 0 Å². The van der Waals surface area contributed by atoms with Crippen LogP contribution in [0.2, 0.25) is 5.02 Å². The van der Waals surface area contributed by atoms with Crippen molar-refractivity contribution in [2.75, 3.05) is 61.5 Å². The summed E-state index contributed by atoms with van der Waals surface area (Å²) in [6.45, 7) is 4.82. The highest BCUT2D eigenvalue weighted by molar-refractivity contribution is 6.32. The van der Waals surface area contributed by atoms with Gasteiger partial charge in [0.2, 0.25) is 0 Å². The molecular formula is C21H27ClN6O2. The third kappa shape index (κ3) is 4.70. The van der Waals surface area contributed by atoms with Crippen molar-refractivity contribution in [1.29, 1.82) is 0 Å². The van der Waals surface area contributed by atoms with Crippen LogP contribution >= 0.6 is 11.6 Å². The lowest BCUT2D eigenvalue weighted by Gasteiger charge is -2.36. The Kier molecular flexibility index (Phi) is 6.42. The summed E-state index contributed by atoms with van der Waals surface area (Å²) in [6.07, 6.45) is 5.37. The van der Waals surface area contributed by atoms with Crippen molar-refractivity contribution in [2.24, 2.45) is 0 Å². The maximum atomic E-state index is 12.6. The molecule has 1 aromatic heterocycles. The first-order chi connectivity index (χ1) is 14.6. The topological polar surface area (TPSA) is 73.8 Å². The molecule has 1 aromatic carbocycles. The Balaban J connectivity index is 1.33. The number of amides is 2. The molecule has 2 fully saturated rings. The Bertz CT molecular complexity index is 882. The first kappa shape index (κ1) is 20.5. The van der Waals surface area contributed by atoms with Crippen LogP contribution in [0.3, 0.4) is 0 Å². The number of aromatic nitrogens is 2. The van der Waals surface area contributed by atoms with Crippen LogP contribution in [0, 0.1) is 0 Å². The van der Waals surface area contributed by atoms with E-state index in [-0.39, 0.29) is 6.03 Å². The third-order valence-corrected chi connectivity index (χ3v) is 5.91. The summed E-state index contributed by atoms with van der Waals surface area (Å²) in [5.41, 5.74) is 0.648. The number of piperidine rings is 1. The second-order valence-electron chi connectivity index (χ2n) is 7.54. The number of piperazine rings is 1. The summed E-state index contributed by atoms with van der Waals surface area (Å²) < 4.78 is 5.15. The largest absolute Gasteiger partial charge is 0.495 e. The molecule has 2 amide bonds. The zero-order chi connectivity index (χ0) is 20.9. The van der Waals surface area contributed by atoms with E-state index in [2.05, 4.69) is 31.2 Å². The van der Waals surface area contributed by atoms with Crippen LogP contribution in [0.25, 0.3) is 0 Å². The average Bonchev–Trinajstić information content (AvgIpc) is 2.80. The molecule has 3 heterocycles. The van der Waals surface area contributed by atoms with Gasteiger partial charge in [-0.1, -0.05) is 11.6 Å². The number of anilines is 3. The summed E-state index contributed by atoms with van der Waals surface area (Å²) in [4.78, 5) is 27.9. The van der Waals surface area contributed by atoms with Gasteiger partial charge >= 0.3 is 6.03 Å². The fourth-order valence-corrected chi connectivity index (χ4v) is 4.15. The van der Waals surface area contributed by atoms with Crippen LogP contribution < -0.4 is 19.9 Å². The van der Waals surface area contributed by atoms with Gasteiger partial charge in [-0.3, -0.25) is 0 Å². The Labute approximate surface area is 181 Å². The minimum atomic E-state index is -0.132. The molecule has 0 unspecified atom stereocenters. The second kappa shape index (κ2) is 9.38. The normalized spacial score (nSPS) is 17.1. The van der Waals surface area contributed by atoms with Gasteiger partial charge in [0.05, 0.1) is 12.1 Å². The number of nitrogens with one attached hydrogen (secondary N) is 1. The maximum absolute atomic E-state index is 12.6. The molecule has 1 N–H and O–H groups in total. The van der Waals surface area contributed by atoms with Gasteiger partial charge in [0.1, 0.15) is 23.7 Å². The van der Waals surface area contributed by atoms with Crippen molar-refractivity contribution in [3.05, 3.63) is 35.6 Å². The first-order valence-corrected chi connectivity index (χ1v) is 10.7. The van der Waals surface area contributed by atoms with E-state index < -0.39 is 0 Å². The first-order valence-electron chi connectivity index (χ1n) is 10.4. The fourth-order valence-electron chi connectivity index (χ4n) is 3.89. The van der Waals surface area contributed by atoms with Gasteiger partial charge in [0, 0.05) is 51.0 Å². The molecule has 0 atom stereocenters. The number of carbonyl (C=O) groups is 1. The number of ether oxygens (including phenoxy) is 1. The van der Waals surface area contributed by atoms with Crippen molar-refractivity contribution < 1.29 is 9.53 Å². The zero-order valence-corrected chi connectivity index (χ0v) is 17.9. The van der Waals surface area contributed by atoms with Crippen LogP contribution in [-0.4, -0.2) is 67.3 Å². The minimum absolute atomic E-state index is 0.132. The van der Waals surface area contributed by atoms with Crippen LogP contribution in [0.4, 0.5) is 22.1 Å². The molecule has 0 saturated carbocycles. The highest BCUT2D eigenvalue weighted by Crippen LogP contribution is 2.27. The van der Waals surface area contributed by atoms with Crippen LogP contribution in [0.5, 0.6) is 5.75 Å². The zero-order valence-electron chi connectivity index (χ0n) is 17.2. The molecule has 0 radical (unpaired) electrons. The van der Waals surface area contributed by atoms with Gasteiger partial charge in [0.25, 0.3) is 0 Å². The lowest BCUT2D eigenvalue weighted by atomic mass is 10.1. The monoisotopic (exact) mass is 430 g/mol. The van der Waals surface area contributed by atoms with Gasteiger partial charge < -0.3 is 24.8 Å². The number of hydrogen-bond acceptors (Lipinski definition) is 6. The van der Waals surface area contributed by atoms with Crippen molar-refractivity contribution in [3.63, 3.8) is 0 Å². The number of hydrogen-bond donors (Lipinski definition) is 1. The van der Waals surface area contributed by atoms with Crippen molar-refractivity contribution in [3.8, 4) is 5.75 Å².